The van der Waals surface area contributed by atoms with Gasteiger partial charge in [-0.2, -0.15) is 26.8 Å². The lowest BCUT2D eigenvalue weighted by molar-refractivity contribution is -0.384. The number of amides is 2. The van der Waals surface area contributed by atoms with Crippen LogP contribution in [0, 0.1) is 30.9 Å². The molecule has 4 N–H and O–H groups in total. The third kappa shape index (κ3) is 17.0. The molecule has 0 fully saturated rings. The first kappa shape index (κ1) is 80.9. The summed E-state index contributed by atoms with van der Waals surface area (Å²) in [5.41, 5.74) is 13.7. The van der Waals surface area contributed by atoms with Gasteiger partial charge in [-0.05, 0) is 118 Å². The number of ketones is 3. The standard InChI is InChI=1S/C34H22Cl2N4O2.C22H15NO3.C19H13NO2.C11H10N4O3.2CH4O3S/c1-3-39-23-11-7-5-9-17(23)19-13-21-27(15-25(19)39)41-33-29(35)32-34(30(36)31(33)37-21)42-28-16-26-20(14-22(28)38-32)18-10-6-8-12-24(18)40(26)4-2;1-13-6-9-15(10-7-13)23-22(26)14-8-11-18-19(12-14)21(25)17-5-3-2-4-16(17)20(18)24;21-15-11-14(12-7-3-1-4-8-12)16-17(15)18(20-19(16)22)13-9-5-2-6-10-13;1-7-12-8(2)14-11(13-7)18-10-5-3-9(4-6-10)15(16)17;2*1-5(2,3)4/h5-16H,3-4H2,1-2H3;2-12H,1H3,(H,23,26);1-10H,11H2,(H,20,22);3-6H,1-2H3;2*1H3,(H,2,3,4). The van der Waals surface area contributed by atoms with Gasteiger partial charge in [0.2, 0.25) is 0 Å². The molecule has 3 aliphatic heterocycles. The molecule has 0 unspecified atom stereocenters. The fourth-order valence-corrected chi connectivity index (χ4v) is 14.7. The van der Waals surface area contributed by atoms with Crippen LogP contribution in [-0.4, -0.2) is 96.6 Å². The van der Waals surface area contributed by atoms with Crippen molar-refractivity contribution in [2.45, 2.75) is 54.1 Å². The Morgan fingerprint density at radius 1 is 0.551 bits per heavy atom. The van der Waals surface area contributed by atoms with Crippen LogP contribution in [0.3, 0.4) is 0 Å². The van der Waals surface area contributed by atoms with E-state index in [0.29, 0.717) is 136 Å². The molecule has 0 saturated carbocycles. The maximum Gasteiger partial charge on any atom is 0.325 e. The molecule has 0 atom stereocenters. The average Bonchev–Trinajstić information content (AvgIpc) is 1.33. The molecule has 2 aliphatic carbocycles. The van der Waals surface area contributed by atoms with E-state index in [9.17, 15) is 50.9 Å². The summed E-state index contributed by atoms with van der Waals surface area (Å²) in [4.78, 5) is 94.7. The van der Waals surface area contributed by atoms with E-state index >= 15 is 0 Å². The van der Waals surface area contributed by atoms with E-state index < -0.39 is 25.2 Å². The number of para-hydroxylation sites is 2. The Kier molecular flexibility index (Phi) is 22.8. The molecule has 118 heavy (non-hydrogen) atoms. The fraction of sp³-hybridized carbons (Fsp3) is 0.114. The minimum atomic E-state index is -3.67. The lowest BCUT2D eigenvalue weighted by Crippen LogP contribution is -2.22. The third-order valence-corrected chi connectivity index (χ3v) is 19.8. The summed E-state index contributed by atoms with van der Waals surface area (Å²) >= 11 is 14.0. The van der Waals surface area contributed by atoms with E-state index in [1.807, 2.05) is 104 Å². The number of anilines is 1. The van der Waals surface area contributed by atoms with Gasteiger partial charge in [0.05, 0.1) is 45.3 Å². The largest absolute Gasteiger partial charge is 0.451 e. The lowest BCUT2D eigenvalue weighted by Gasteiger charge is -2.21. The molecule has 0 saturated heterocycles. The van der Waals surface area contributed by atoms with Gasteiger partial charge in [0.15, 0.2) is 40.3 Å². The van der Waals surface area contributed by atoms with Gasteiger partial charge in [0, 0.05) is 110 Å². The van der Waals surface area contributed by atoms with Crippen molar-refractivity contribution >= 4 is 150 Å². The van der Waals surface area contributed by atoms with Crippen LogP contribution in [0.1, 0.15) is 90.8 Å². The van der Waals surface area contributed by atoms with Crippen LogP contribution in [0.25, 0.3) is 54.9 Å². The van der Waals surface area contributed by atoms with Crippen LogP contribution < -0.4 is 35.6 Å². The van der Waals surface area contributed by atoms with E-state index in [0.717, 1.165) is 57.2 Å². The molecule has 19 rings (SSSR count). The molecule has 2 amide bonds. The number of hydrogen-bond donors (Lipinski definition) is 4. The number of non-ortho nitro benzene ring substituents is 1. The van der Waals surface area contributed by atoms with Crippen LogP contribution in [0.2, 0.25) is 10.0 Å². The van der Waals surface area contributed by atoms with Crippen molar-refractivity contribution in [1.29, 1.82) is 0 Å². The van der Waals surface area contributed by atoms with Crippen molar-refractivity contribution in [1.82, 2.24) is 29.4 Å². The molecular weight excluding hydrogens is 1590 g/mol. The zero-order chi connectivity index (χ0) is 83.8. The molecule has 592 valence electrons. The number of halogens is 2. The van der Waals surface area contributed by atoms with Gasteiger partial charge in [0.25, 0.3) is 37.7 Å². The second kappa shape index (κ2) is 33.2. The number of fused-ring (bicyclic) bond motifs is 13. The van der Waals surface area contributed by atoms with E-state index in [-0.39, 0.29) is 46.4 Å². The third-order valence-electron chi connectivity index (χ3n) is 19.1. The Bertz CT molecular complexity index is 6690. The zero-order valence-electron chi connectivity index (χ0n) is 63.7. The highest BCUT2D eigenvalue weighted by atomic mass is 35.5. The van der Waals surface area contributed by atoms with Gasteiger partial charge in [-0.1, -0.05) is 162 Å². The first-order chi connectivity index (χ1) is 56.4. The number of nitrogens with zero attached hydrogens (tertiary/aromatic N) is 8. The van der Waals surface area contributed by atoms with Crippen molar-refractivity contribution in [2.24, 2.45) is 9.98 Å². The van der Waals surface area contributed by atoms with Gasteiger partial charge in [-0.15, -0.1) is 0 Å². The minimum absolute atomic E-state index is 0.00496. The molecule has 11 aromatic carbocycles. The molecule has 30 heteroatoms. The van der Waals surface area contributed by atoms with Crippen LogP contribution in [-0.2, 0) is 42.9 Å². The molecule has 0 bridgehead atoms. The number of allylic oxidation sites excluding steroid dienone is 1. The molecule has 6 heterocycles. The number of hydrogen-bond acceptors (Lipinski definition) is 19. The molecular formula is C88H68Cl2N10O16S2. The van der Waals surface area contributed by atoms with Crippen molar-refractivity contribution in [2.75, 3.05) is 17.8 Å². The molecule has 3 aromatic heterocycles. The summed E-state index contributed by atoms with van der Waals surface area (Å²) in [5, 5.41) is 22.2. The predicted molar refractivity (Wildman–Crippen MR) is 449 cm³/mol. The SMILES string of the molecule is CCn1c2ccccc2c2cc3c(cc21)Oc1c(Cl)c2c(c(Cl)c1=N3)Oc1cc3c(cc1N=2)c1ccccc1n3CC.CS(=O)(=O)O.CS(=O)(=O)O.Cc1ccc(NC(=O)c2ccc3c(c2)C(=O)c2ccccc2C3=O)cc1.Cc1nc(C)nc(Oc2ccc([N+](=O)[O-])cc2)n1.O=C1CC(c2ccccc2)=C2C(=O)NC(c3ccccc3)=C12. The summed E-state index contributed by atoms with van der Waals surface area (Å²) in [6.45, 7) is 11.4. The van der Waals surface area contributed by atoms with Crippen molar-refractivity contribution in [3.05, 3.63) is 323 Å². The highest BCUT2D eigenvalue weighted by molar-refractivity contribution is 7.85. The number of benzene rings is 11. The van der Waals surface area contributed by atoms with Crippen molar-refractivity contribution in [3.8, 4) is 34.8 Å². The number of nitro benzene ring substituents is 1. The fourth-order valence-electron chi connectivity index (χ4n) is 14.2. The van der Waals surface area contributed by atoms with Crippen LogP contribution >= 0.6 is 23.2 Å². The van der Waals surface area contributed by atoms with E-state index in [2.05, 4.69) is 109 Å². The maximum absolute atomic E-state index is 12.7. The van der Waals surface area contributed by atoms with Crippen LogP contribution in [0.4, 0.5) is 22.7 Å². The smallest absolute Gasteiger partial charge is 0.325 e. The highest BCUT2D eigenvalue weighted by Crippen LogP contribution is 2.48. The van der Waals surface area contributed by atoms with E-state index in [1.165, 1.54) is 52.1 Å². The monoisotopic (exact) mass is 1650 g/mol. The van der Waals surface area contributed by atoms with Gasteiger partial charge in [-0.3, -0.25) is 43.2 Å². The summed E-state index contributed by atoms with van der Waals surface area (Å²) in [6, 6.07) is 68.8. The average molecular weight is 1660 g/mol. The number of carbonyl (C=O) groups excluding carboxylic acids is 5. The maximum atomic E-state index is 12.7. The number of aryl methyl sites for hydroxylation is 5. The second-order valence-corrected chi connectivity index (χ2v) is 31.0. The predicted octanol–water partition coefficient (Wildman–Crippen LogP) is 17.5. The molecule has 14 aromatic rings. The van der Waals surface area contributed by atoms with Gasteiger partial charge in [0.1, 0.15) is 49.5 Å². The van der Waals surface area contributed by atoms with Crippen molar-refractivity contribution < 1.29 is 69.0 Å². The Hall–Kier alpha value is -13.7. The quantitative estimate of drug-likeness (QED) is 0.0592. The van der Waals surface area contributed by atoms with E-state index in [4.69, 9.17) is 56.5 Å². The lowest BCUT2D eigenvalue weighted by atomic mass is 9.83. The number of rotatable bonds is 9. The molecule has 5 aliphatic rings. The topological polar surface area (TPSA) is 362 Å². The van der Waals surface area contributed by atoms with Crippen LogP contribution in [0.15, 0.2) is 246 Å². The number of aromatic nitrogens is 5. The zero-order valence-corrected chi connectivity index (χ0v) is 66.9. The van der Waals surface area contributed by atoms with E-state index in [1.54, 1.807) is 50.2 Å². The number of Topliss-reactive ketones (excluding diaryl/α,β-unsaturated/α-hetero) is 1. The Labute approximate surface area is 683 Å². The molecule has 0 spiro atoms. The minimum Gasteiger partial charge on any atom is -0.451 e. The summed E-state index contributed by atoms with van der Waals surface area (Å²) < 4.78 is 74.6. The Morgan fingerprint density at radius 3 is 1.50 bits per heavy atom. The normalized spacial score (nSPS) is 13.1. The van der Waals surface area contributed by atoms with Gasteiger partial charge >= 0.3 is 6.01 Å². The van der Waals surface area contributed by atoms with Gasteiger partial charge in [-0.25, -0.2) is 15.0 Å². The number of ether oxygens (including phenoxy) is 3. The van der Waals surface area contributed by atoms with Gasteiger partial charge < -0.3 is 34.0 Å². The second-order valence-electron chi connectivity index (χ2n) is 27.3. The highest BCUT2D eigenvalue weighted by Gasteiger charge is 2.41. The summed E-state index contributed by atoms with van der Waals surface area (Å²) in [7, 11) is -7.33. The van der Waals surface area contributed by atoms with Crippen LogP contribution in [0.5, 0.6) is 34.8 Å². The number of carbonyl (C=O) groups is 5. The Morgan fingerprint density at radius 2 is 1.01 bits per heavy atom. The first-order valence-electron chi connectivity index (χ1n) is 36.4. The molecule has 0 radical (unpaired) electrons. The number of nitro groups is 1. The number of nitrogens with one attached hydrogen (secondary N) is 2. The Balaban J connectivity index is 0.000000131. The van der Waals surface area contributed by atoms with Crippen molar-refractivity contribution in [3.63, 3.8) is 0 Å². The molecule has 26 nitrogen and oxygen atoms in total. The summed E-state index contributed by atoms with van der Waals surface area (Å²) in [5.74, 6) is 2.62. The summed E-state index contributed by atoms with van der Waals surface area (Å²) in [6.07, 6.45) is 1.72. The first-order valence-corrected chi connectivity index (χ1v) is 40.9.